The summed E-state index contributed by atoms with van der Waals surface area (Å²) in [5.74, 6) is 0.0402. The Morgan fingerprint density at radius 3 is 2.33 bits per heavy atom. The minimum absolute atomic E-state index is 0.0559. The predicted molar refractivity (Wildman–Crippen MR) is 82.0 cm³/mol. The van der Waals surface area contributed by atoms with Gasteiger partial charge in [0.1, 0.15) is 0 Å². The van der Waals surface area contributed by atoms with E-state index in [1.807, 2.05) is 0 Å². The van der Waals surface area contributed by atoms with Crippen molar-refractivity contribution in [3.8, 4) is 0 Å². The van der Waals surface area contributed by atoms with Crippen molar-refractivity contribution in [2.24, 2.45) is 5.41 Å². The number of hydrogen-bond donors (Lipinski definition) is 1. The molecular weight excluding hydrogens is 270 g/mol. The van der Waals surface area contributed by atoms with E-state index >= 15 is 0 Å². The lowest BCUT2D eigenvalue weighted by atomic mass is 9.75. The van der Waals surface area contributed by atoms with Crippen molar-refractivity contribution in [1.29, 1.82) is 0 Å². The summed E-state index contributed by atoms with van der Waals surface area (Å²) in [6, 6.07) is 0. The summed E-state index contributed by atoms with van der Waals surface area (Å²) in [5, 5.41) is 3.30. The van der Waals surface area contributed by atoms with Crippen LogP contribution in [0.2, 0.25) is 0 Å². The van der Waals surface area contributed by atoms with Gasteiger partial charge in [-0.3, -0.25) is 9.59 Å². The van der Waals surface area contributed by atoms with Crippen LogP contribution in [0.5, 0.6) is 0 Å². The summed E-state index contributed by atoms with van der Waals surface area (Å²) in [5.41, 5.74) is -0.328. The fraction of sp³-hybridized carbons (Fsp3) is 0.867. The first-order valence-corrected chi connectivity index (χ1v) is 7.66. The lowest BCUT2D eigenvalue weighted by Gasteiger charge is -2.39. The van der Waals surface area contributed by atoms with E-state index in [0.29, 0.717) is 13.2 Å². The van der Waals surface area contributed by atoms with Gasteiger partial charge in [0.2, 0.25) is 11.8 Å². The number of ether oxygens (including phenoxy) is 1. The van der Waals surface area contributed by atoms with Crippen LogP contribution in [-0.2, 0) is 14.3 Å². The summed E-state index contributed by atoms with van der Waals surface area (Å²) in [6.45, 7) is 4.82. The highest BCUT2D eigenvalue weighted by atomic mass is 16.5. The van der Waals surface area contributed by atoms with Crippen LogP contribution in [-0.4, -0.2) is 75.6 Å². The van der Waals surface area contributed by atoms with Crippen molar-refractivity contribution in [2.45, 2.75) is 26.2 Å². The monoisotopic (exact) mass is 299 g/mol. The number of likely N-dealkylation sites (N-methyl/N-ethyl adjacent to an activating group) is 1. The average Bonchev–Trinajstić information content (AvgIpc) is 2.50. The molecule has 0 spiro atoms. The zero-order chi connectivity index (χ0) is 15.9. The Hall–Kier alpha value is -1.14. The van der Waals surface area contributed by atoms with Crippen molar-refractivity contribution in [2.75, 3.05) is 54.0 Å². The first-order valence-electron chi connectivity index (χ1n) is 7.66. The molecule has 0 aliphatic carbocycles. The van der Waals surface area contributed by atoms with Gasteiger partial charge in [-0.1, -0.05) is 6.92 Å². The summed E-state index contributed by atoms with van der Waals surface area (Å²) in [7, 11) is 5.03. The van der Waals surface area contributed by atoms with Gasteiger partial charge in [-0.25, -0.2) is 0 Å². The van der Waals surface area contributed by atoms with Gasteiger partial charge < -0.3 is 19.9 Å². The minimum Gasteiger partial charge on any atom is -0.383 e. The summed E-state index contributed by atoms with van der Waals surface area (Å²) >= 11 is 0. The molecule has 1 saturated heterocycles. The number of rotatable bonds is 7. The standard InChI is InChI=1S/C15H29N3O3/c1-5-15(6-8-16-9-7-15)14(20)18(10-11-21-4)12-13(19)17(2)3/h16H,5-12H2,1-4H3. The molecular formula is C15H29N3O3. The second-order valence-corrected chi connectivity index (χ2v) is 5.89. The maximum absolute atomic E-state index is 13.0. The number of hydrogen-bond acceptors (Lipinski definition) is 4. The quantitative estimate of drug-likeness (QED) is 0.736. The normalized spacial score (nSPS) is 17.3. The molecule has 0 unspecified atom stereocenters. The zero-order valence-electron chi connectivity index (χ0n) is 13.8. The fourth-order valence-electron chi connectivity index (χ4n) is 2.72. The molecule has 0 aromatic rings. The number of carbonyl (C=O) groups is 2. The molecule has 1 aliphatic heterocycles. The van der Waals surface area contributed by atoms with Gasteiger partial charge in [-0.05, 0) is 32.4 Å². The molecule has 0 aromatic carbocycles. The molecule has 122 valence electrons. The maximum atomic E-state index is 13.0. The van der Waals surface area contributed by atoms with Gasteiger partial charge in [0, 0.05) is 27.7 Å². The van der Waals surface area contributed by atoms with Crippen LogP contribution in [0.4, 0.5) is 0 Å². The van der Waals surface area contributed by atoms with E-state index in [1.54, 1.807) is 26.1 Å². The number of nitrogens with zero attached hydrogens (tertiary/aromatic N) is 2. The first kappa shape index (κ1) is 17.9. The van der Waals surface area contributed by atoms with Crippen molar-refractivity contribution in [3.05, 3.63) is 0 Å². The number of piperidine rings is 1. The molecule has 6 nitrogen and oxygen atoms in total. The maximum Gasteiger partial charge on any atom is 0.241 e. The number of carbonyl (C=O) groups excluding carboxylic acids is 2. The summed E-state index contributed by atoms with van der Waals surface area (Å²) in [6.07, 6.45) is 2.48. The number of amides is 2. The smallest absolute Gasteiger partial charge is 0.241 e. The lowest BCUT2D eigenvalue weighted by molar-refractivity contribution is -0.149. The number of nitrogens with one attached hydrogen (secondary N) is 1. The Labute approximate surface area is 127 Å². The molecule has 6 heteroatoms. The summed E-state index contributed by atoms with van der Waals surface area (Å²) < 4.78 is 5.09. The molecule has 2 amide bonds. The highest BCUT2D eigenvalue weighted by molar-refractivity contribution is 5.88. The van der Waals surface area contributed by atoms with Crippen LogP contribution in [0.3, 0.4) is 0 Å². The van der Waals surface area contributed by atoms with E-state index in [2.05, 4.69) is 12.2 Å². The summed E-state index contributed by atoms with van der Waals surface area (Å²) in [4.78, 5) is 28.2. The minimum atomic E-state index is -0.328. The predicted octanol–water partition coefficient (Wildman–Crippen LogP) is 0.329. The molecule has 0 aromatic heterocycles. The fourth-order valence-corrected chi connectivity index (χ4v) is 2.72. The van der Waals surface area contributed by atoms with E-state index < -0.39 is 0 Å². The largest absolute Gasteiger partial charge is 0.383 e. The third-order valence-electron chi connectivity index (χ3n) is 4.37. The van der Waals surface area contributed by atoms with E-state index in [1.165, 1.54) is 4.90 Å². The molecule has 0 atom stereocenters. The molecule has 1 fully saturated rings. The topological polar surface area (TPSA) is 61.9 Å². The van der Waals surface area contributed by atoms with E-state index in [-0.39, 0.29) is 23.8 Å². The molecule has 1 N–H and O–H groups in total. The second-order valence-electron chi connectivity index (χ2n) is 5.89. The Morgan fingerprint density at radius 2 is 1.86 bits per heavy atom. The highest BCUT2D eigenvalue weighted by Crippen LogP contribution is 2.34. The Bertz CT molecular complexity index is 352. The molecule has 0 saturated carbocycles. The van der Waals surface area contributed by atoms with Crippen LogP contribution in [0.25, 0.3) is 0 Å². The first-order chi connectivity index (χ1) is 9.96. The molecule has 21 heavy (non-hydrogen) atoms. The molecule has 0 radical (unpaired) electrons. The van der Waals surface area contributed by atoms with Gasteiger partial charge in [-0.2, -0.15) is 0 Å². The van der Waals surface area contributed by atoms with E-state index in [9.17, 15) is 9.59 Å². The molecule has 1 rings (SSSR count). The third kappa shape index (κ3) is 4.68. The SMILES string of the molecule is CCC1(C(=O)N(CCOC)CC(=O)N(C)C)CCNCC1. The van der Waals surface area contributed by atoms with Crippen molar-refractivity contribution in [3.63, 3.8) is 0 Å². The van der Waals surface area contributed by atoms with Gasteiger partial charge in [0.25, 0.3) is 0 Å². The second kappa shape index (κ2) is 8.34. The third-order valence-corrected chi connectivity index (χ3v) is 4.37. The van der Waals surface area contributed by atoms with E-state index in [4.69, 9.17) is 4.74 Å². The number of methoxy groups -OCH3 is 1. The average molecular weight is 299 g/mol. The van der Waals surface area contributed by atoms with Crippen molar-refractivity contribution >= 4 is 11.8 Å². The van der Waals surface area contributed by atoms with Crippen LogP contribution in [0.1, 0.15) is 26.2 Å². The lowest BCUT2D eigenvalue weighted by Crippen LogP contribution is -2.52. The van der Waals surface area contributed by atoms with Gasteiger partial charge in [0.05, 0.1) is 18.6 Å². The van der Waals surface area contributed by atoms with Crippen molar-refractivity contribution in [1.82, 2.24) is 15.1 Å². The van der Waals surface area contributed by atoms with Crippen LogP contribution in [0, 0.1) is 5.41 Å². The Balaban J connectivity index is 2.84. The molecule has 1 aliphatic rings. The Kier molecular flexibility index (Phi) is 7.11. The molecule has 1 heterocycles. The molecule has 0 bridgehead atoms. The van der Waals surface area contributed by atoms with Crippen molar-refractivity contribution < 1.29 is 14.3 Å². The Morgan fingerprint density at radius 1 is 1.24 bits per heavy atom. The zero-order valence-corrected chi connectivity index (χ0v) is 13.8. The highest BCUT2D eigenvalue weighted by Gasteiger charge is 2.40. The van der Waals surface area contributed by atoms with Crippen LogP contribution in [0.15, 0.2) is 0 Å². The van der Waals surface area contributed by atoms with Gasteiger partial charge in [0.15, 0.2) is 0 Å². The van der Waals surface area contributed by atoms with E-state index in [0.717, 1.165) is 32.4 Å². The van der Waals surface area contributed by atoms with Crippen LogP contribution >= 0.6 is 0 Å². The van der Waals surface area contributed by atoms with Crippen LogP contribution < -0.4 is 5.32 Å². The van der Waals surface area contributed by atoms with Gasteiger partial charge >= 0.3 is 0 Å². The van der Waals surface area contributed by atoms with Gasteiger partial charge in [-0.15, -0.1) is 0 Å².